The highest BCUT2D eigenvalue weighted by molar-refractivity contribution is 5.89. The van der Waals surface area contributed by atoms with E-state index in [1.54, 1.807) is 0 Å². The molecule has 0 bridgehead atoms. The standard InChI is InChI=1S/C12H18N2O3/c1-3-8-14(9-10(15)16)11(17)12(4-2)6-5-7-13-12/h1,13H,4-9H2,2H3,(H,15,16). The Hall–Kier alpha value is -1.54. The third-order valence-electron chi connectivity index (χ3n) is 3.15. The molecule has 0 aliphatic carbocycles. The number of hydrogen-bond donors (Lipinski definition) is 2. The Morgan fingerprint density at radius 3 is 2.71 bits per heavy atom. The number of carboxylic acids is 1. The monoisotopic (exact) mass is 238 g/mol. The van der Waals surface area contributed by atoms with Crippen LogP contribution in [-0.2, 0) is 9.59 Å². The van der Waals surface area contributed by atoms with Crippen molar-refractivity contribution in [3.8, 4) is 12.3 Å². The quantitative estimate of drug-likeness (QED) is 0.665. The summed E-state index contributed by atoms with van der Waals surface area (Å²) in [5.74, 6) is 1.09. The molecule has 1 aliphatic heterocycles. The summed E-state index contributed by atoms with van der Waals surface area (Å²) >= 11 is 0. The molecule has 1 saturated heterocycles. The molecule has 1 fully saturated rings. The van der Waals surface area contributed by atoms with Crippen LogP contribution in [0.4, 0.5) is 0 Å². The molecule has 1 rings (SSSR count). The highest BCUT2D eigenvalue weighted by Gasteiger charge is 2.41. The number of nitrogens with one attached hydrogen (secondary N) is 1. The molecule has 0 aromatic carbocycles. The van der Waals surface area contributed by atoms with E-state index in [4.69, 9.17) is 11.5 Å². The topological polar surface area (TPSA) is 69.6 Å². The van der Waals surface area contributed by atoms with E-state index in [1.165, 1.54) is 4.90 Å². The van der Waals surface area contributed by atoms with Gasteiger partial charge in [0.25, 0.3) is 0 Å². The number of carbonyl (C=O) groups is 2. The predicted molar refractivity (Wildman–Crippen MR) is 63.3 cm³/mol. The summed E-state index contributed by atoms with van der Waals surface area (Å²) in [7, 11) is 0. The van der Waals surface area contributed by atoms with Crippen LogP contribution < -0.4 is 5.32 Å². The van der Waals surface area contributed by atoms with Gasteiger partial charge in [-0.3, -0.25) is 9.59 Å². The van der Waals surface area contributed by atoms with Crippen molar-refractivity contribution in [2.24, 2.45) is 0 Å². The van der Waals surface area contributed by atoms with Crippen molar-refractivity contribution in [1.29, 1.82) is 0 Å². The first-order valence-corrected chi connectivity index (χ1v) is 5.75. The lowest BCUT2D eigenvalue weighted by Gasteiger charge is -2.32. The SMILES string of the molecule is C#CCN(CC(=O)O)C(=O)C1(CC)CCCN1. The number of aliphatic carboxylic acids is 1. The van der Waals surface area contributed by atoms with Gasteiger partial charge in [0.1, 0.15) is 6.54 Å². The van der Waals surface area contributed by atoms with Crippen LogP contribution >= 0.6 is 0 Å². The Morgan fingerprint density at radius 2 is 2.29 bits per heavy atom. The summed E-state index contributed by atoms with van der Waals surface area (Å²) in [6.45, 7) is 2.41. The number of nitrogens with zero attached hydrogens (tertiary/aromatic N) is 1. The zero-order valence-corrected chi connectivity index (χ0v) is 10.0. The van der Waals surface area contributed by atoms with Gasteiger partial charge >= 0.3 is 5.97 Å². The average Bonchev–Trinajstić information content (AvgIpc) is 2.76. The molecule has 5 nitrogen and oxygen atoms in total. The van der Waals surface area contributed by atoms with Gasteiger partial charge in [0.2, 0.25) is 5.91 Å². The van der Waals surface area contributed by atoms with Crippen LogP contribution in [0.15, 0.2) is 0 Å². The maximum absolute atomic E-state index is 12.3. The average molecular weight is 238 g/mol. The van der Waals surface area contributed by atoms with E-state index in [2.05, 4.69) is 11.2 Å². The minimum absolute atomic E-state index is 0.0363. The van der Waals surface area contributed by atoms with Gasteiger partial charge in [0.05, 0.1) is 12.1 Å². The van der Waals surface area contributed by atoms with E-state index in [9.17, 15) is 9.59 Å². The molecule has 17 heavy (non-hydrogen) atoms. The third-order valence-corrected chi connectivity index (χ3v) is 3.15. The normalized spacial score (nSPS) is 23.1. The molecular weight excluding hydrogens is 220 g/mol. The first kappa shape index (κ1) is 13.5. The van der Waals surface area contributed by atoms with Crippen LogP contribution in [0.1, 0.15) is 26.2 Å². The van der Waals surface area contributed by atoms with E-state index in [0.717, 1.165) is 19.4 Å². The van der Waals surface area contributed by atoms with Gasteiger partial charge in [-0.1, -0.05) is 12.8 Å². The van der Waals surface area contributed by atoms with Crippen molar-refractivity contribution in [3.05, 3.63) is 0 Å². The molecule has 1 unspecified atom stereocenters. The summed E-state index contributed by atoms with van der Waals surface area (Å²) in [4.78, 5) is 24.3. The van der Waals surface area contributed by atoms with E-state index in [1.807, 2.05) is 6.92 Å². The molecule has 0 radical (unpaired) electrons. The lowest BCUT2D eigenvalue weighted by molar-refractivity contribution is -0.147. The summed E-state index contributed by atoms with van der Waals surface area (Å²) in [5, 5.41) is 12.0. The molecule has 94 valence electrons. The molecule has 0 aromatic heterocycles. The molecule has 1 heterocycles. The predicted octanol–water partition coefficient (Wildman–Crippen LogP) is 0.0650. The number of amides is 1. The van der Waals surface area contributed by atoms with E-state index >= 15 is 0 Å². The summed E-state index contributed by atoms with van der Waals surface area (Å²) < 4.78 is 0. The number of carboxylic acid groups (broad SMARTS) is 1. The Morgan fingerprint density at radius 1 is 1.59 bits per heavy atom. The van der Waals surface area contributed by atoms with Gasteiger partial charge in [0, 0.05) is 0 Å². The number of terminal acetylenes is 1. The zero-order chi connectivity index (χ0) is 12.9. The van der Waals surface area contributed by atoms with Gasteiger partial charge in [-0.15, -0.1) is 6.42 Å². The molecule has 0 aromatic rings. The van der Waals surface area contributed by atoms with Crippen LogP contribution in [0.3, 0.4) is 0 Å². The van der Waals surface area contributed by atoms with E-state index in [0.29, 0.717) is 6.42 Å². The Balaban J connectivity index is 2.82. The minimum Gasteiger partial charge on any atom is -0.480 e. The van der Waals surface area contributed by atoms with Gasteiger partial charge in [-0.2, -0.15) is 0 Å². The number of rotatable bonds is 5. The Labute approximate surface area is 101 Å². The summed E-state index contributed by atoms with van der Waals surface area (Å²) in [6.07, 6.45) is 7.48. The largest absolute Gasteiger partial charge is 0.480 e. The van der Waals surface area contributed by atoms with E-state index < -0.39 is 11.5 Å². The second kappa shape index (κ2) is 5.69. The van der Waals surface area contributed by atoms with Crippen molar-refractivity contribution < 1.29 is 14.7 Å². The van der Waals surface area contributed by atoms with Crippen molar-refractivity contribution in [2.45, 2.75) is 31.7 Å². The summed E-state index contributed by atoms with van der Waals surface area (Å²) in [6, 6.07) is 0. The molecule has 1 aliphatic rings. The van der Waals surface area contributed by atoms with Crippen LogP contribution in [0, 0.1) is 12.3 Å². The van der Waals surface area contributed by atoms with Crippen LogP contribution in [-0.4, -0.2) is 47.1 Å². The lowest BCUT2D eigenvalue weighted by Crippen LogP contribution is -2.55. The fourth-order valence-electron chi connectivity index (χ4n) is 2.22. The molecule has 5 heteroatoms. The highest BCUT2D eigenvalue weighted by Crippen LogP contribution is 2.25. The number of carbonyl (C=O) groups excluding carboxylic acids is 1. The van der Waals surface area contributed by atoms with Gasteiger partial charge in [-0.05, 0) is 25.8 Å². The fourth-order valence-corrected chi connectivity index (χ4v) is 2.22. The number of hydrogen-bond acceptors (Lipinski definition) is 3. The highest BCUT2D eigenvalue weighted by atomic mass is 16.4. The first-order chi connectivity index (χ1) is 8.05. The van der Waals surface area contributed by atoms with Crippen molar-refractivity contribution in [2.75, 3.05) is 19.6 Å². The van der Waals surface area contributed by atoms with E-state index in [-0.39, 0.29) is 19.0 Å². The second-order valence-electron chi connectivity index (χ2n) is 4.23. The fraction of sp³-hybridized carbons (Fsp3) is 0.667. The molecular formula is C12H18N2O3. The van der Waals surface area contributed by atoms with Gasteiger partial charge in [-0.25, -0.2) is 0 Å². The molecule has 1 atom stereocenters. The zero-order valence-electron chi connectivity index (χ0n) is 10.0. The van der Waals surface area contributed by atoms with Gasteiger partial charge in [0.15, 0.2) is 0 Å². The maximum Gasteiger partial charge on any atom is 0.323 e. The van der Waals surface area contributed by atoms with Gasteiger partial charge < -0.3 is 15.3 Å². The van der Waals surface area contributed by atoms with Crippen molar-refractivity contribution in [3.63, 3.8) is 0 Å². The van der Waals surface area contributed by atoms with Crippen LogP contribution in [0.2, 0.25) is 0 Å². The van der Waals surface area contributed by atoms with Crippen molar-refractivity contribution in [1.82, 2.24) is 10.2 Å². The minimum atomic E-state index is -1.04. The second-order valence-corrected chi connectivity index (χ2v) is 4.23. The smallest absolute Gasteiger partial charge is 0.323 e. The van der Waals surface area contributed by atoms with Crippen molar-refractivity contribution >= 4 is 11.9 Å². The van der Waals surface area contributed by atoms with Crippen LogP contribution in [0.25, 0.3) is 0 Å². The molecule has 0 spiro atoms. The lowest BCUT2D eigenvalue weighted by atomic mass is 9.92. The Kier molecular flexibility index (Phi) is 4.53. The molecule has 1 amide bonds. The van der Waals surface area contributed by atoms with Crippen LogP contribution in [0.5, 0.6) is 0 Å². The summed E-state index contributed by atoms with van der Waals surface area (Å²) in [5.41, 5.74) is -0.619. The first-order valence-electron chi connectivity index (χ1n) is 5.75. The Bertz CT molecular complexity index is 340. The molecule has 2 N–H and O–H groups in total. The molecule has 0 saturated carbocycles. The third kappa shape index (κ3) is 2.98. The maximum atomic E-state index is 12.3.